The zero-order valence-electron chi connectivity index (χ0n) is 14.2. The zero-order valence-corrected chi connectivity index (χ0v) is 15.0. The minimum atomic E-state index is -0.277. The van der Waals surface area contributed by atoms with Crippen molar-refractivity contribution in [3.05, 3.63) is 53.8 Å². The van der Waals surface area contributed by atoms with Gasteiger partial charge in [0.25, 0.3) is 0 Å². The molecule has 25 heavy (non-hydrogen) atoms. The van der Waals surface area contributed by atoms with Crippen LogP contribution in [0.4, 0.5) is 10.1 Å². The third kappa shape index (κ3) is 4.39. The van der Waals surface area contributed by atoms with Gasteiger partial charge in [0.1, 0.15) is 19.0 Å². The summed E-state index contributed by atoms with van der Waals surface area (Å²) in [5.74, 6) is 1.55. The van der Waals surface area contributed by atoms with Crippen LogP contribution < -0.4 is 20.1 Å². The zero-order chi connectivity index (χ0) is 17.8. The van der Waals surface area contributed by atoms with Gasteiger partial charge in [0.2, 0.25) is 0 Å². The van der Waals surface area contributed by atoms with Gasteiger partial charge in [0.05, 0.1) is 6.04 Å². The molecule has 6 heteroatoms. The second-order valence-corrected chi connectivity index (χ2v) is 6.64. The summed E-state index contributed by atoms with van der Waals surface area (Å²) < 4.78 is 24.2. The number of thiocarbonyl (C=S) groups is 1. The smallest absolute Gasteiger partial charge is 0.171 e. The van der Waals surface area contributed by atoms with Crippen LogP contribution in [-0.2, 0) is 0 Å². The second kappa shape index (κ2) is 7.70. The first kappa shape index (κ1) is 17.5. The Bertz CT molecular complexity index is 750. The lowest BCUT2D eigenvalue weighted by Gasteiger charge is -2.26. The number of hydrogen-bond donors (Lipinski definition) is 2. The highest BCUT2D eigenvalue weighted by atomic mass is 32.1. The summed E-state index contributed by atoms with van der Waals surface area (Å²) in [6, 6.07) is 12.0. The average Bonchev–Trinajstić information content (AvgIpc) is 2.61. The van der Waals surface area contributed by atoms with E-state index in [4.69, 9.17) is 21.7 Å². The molecule has 1 atom stereocenters. The first-order chi connectivity index (χ1) is 12.0. The van der Waals surface area contributed by atoms with E-state index in [-0.39, 0.29) is 11.9 Å². The van der Waals surface area contributed by atoms with Gasteiger partial charge in [0, 0.05) is 5.69 Å². The van der Waals surface area contributed by atoms with E-state index < -0.39 is 0 Å². The molecule has 0 saturated heterocycles. The molecular weight excluding hydrogens is 339 g/mol. The topological polar surface area (TPSA) is 42.5 Å². The van der Waals surface area contributed by atoms with Crippen LogP contribution >= 0.6 is 12.2 Å². The van der Waals surface area contributed by atoms with Gasteiger partial charge < -0.3 is 20.1 Å². The van der Waals surface area contributed by atoms with Crippen molar-refractivity contribution in [3.8, 4) is 11.5 Å². The van der Waals surface area contributed by atoms with Crippen molar-refractivity contribution in [2.45, 2.75) is 19.9 Å². The molecule has 1 aliphatic heterocycles. The molecule has 0 bridgehead atoms. The summed E-state index contributed by atoms with van der Waals surface area (Å²) >= 11 is 5.41. The van der Waals surface area contributed by atoms with E-state index in [9.17, 15) is 4.39 Å². The summed E-state index contributed by atoms with van der Waals surface area (Å²) in [7, 11) is 0. The molecule has 3 rings (SSSR count). The number of ether oxygens (including phenoxy) is 2. The Morgan fingerprint density at radius 2 is 1.72 bits per heavy atom. The van der Waals surface area contributed by atoms with E-state index in [1.807, 2.05) is 18.2 Å². The van der Waals surface area contributed by atoms with Crippen LogP contribution in [0.15, 0.2) is 42.5 Å². The minimum absolute atomic E-state index is 0.0104. The predicted molar refractivity (Wildman–Crippen MR) is 101 cm³/mol. The molecule has 0 radical (unpaired) electrons. The van der Waals surface area contributed by atoms with Crippen LogP contribution in [-0.4, -0.2) is 18.3 Å². The molecule has 0 amide bonds. The van der Waals surface area contributed by atoms with Crippen LogP contribution in [0.2, 0.25) is 0 Å². The standard InChI is InChI=1S/C19H21FN2O2S/c1-12(2)18(13-3-8-16-17(11-13)24-10-9-23-16)22-19(25)21-15-6-4-14(20)5-7-15/h3-8,11-12,18H,9-10H2,1-2H3,(H2,21,22,25)/t18-/m0/s1. The molecule has 4 nitrogen and oxygen atoms in total. The normalized spacial score (nSPS) is 14.1. The fraction of sp³-hybridized carbons (Fsp3) is 0.316. The molecule has 0 saturated carbocycles. The third-order valence-corrected chi connectivity index (χ3v) is 4.20. The lowest BCUT2D eigenvalue weighted by atomic mass is 9.95. The van der Waals surface area contributed by atoms with Crippen molar-refractivity contribution in [2.75, 3.05) is 18.5 Å². The highest BCUT2D eigenvalue weighted by Crippen LogP contribution is 2.34. The molecule has 132 valence electrons. The number of anilines is 1. The fourth-order valence-corrected chi connectivity index (χ4v) is 2.97. The van der Waals surface area contributed by atoms with Gasteiger partial charge in [-0.05, 0) is 60.1 Å². The van der Waals surface area contributed by atoms with E-state index in [1.54, 1.807) is 12.1 Å². The van der Waals surface area contributed by atoms with E-state index in [0.717, 1.165) is 22.7 Å². The van der Waals surface area contributed by atoms with Crippen LogP contribution in [0.3, 0.4) is 0 Å². The Labute approximate surface area is 152 Å². The van der Waals surface area contributed by atoms with Gasteiger partial charge in [0.15, 0.2) is 16.6 Å². The predicted octanol–water partition coefficient (Wildman–Crippen LogP) is 4.28. The van der Waals surface area contributed by atoms with Gasteiger partial charge in [-0.1, -0.05) is 19.9 Å². The van der Waals surface area contributed by atoms with Crippen molar-refractivity contribution >= 4 is 23.0 Å². The largest absolute Gasteiger partial charge is 0.486 e. The maximum atomic E-state index is 13.0. The summed E-state index contributed by atoms with van der Waals surface area (Å²) in [6.07, 6.45) is 0. The fourth-order valence-electron chi connectivity index (χ4n) is 2.73. The Balaban J connectivity index is 1.72. The van der Waals surface area contributed by atoms with E-state index in [0.29, 0.717) is 24.2 Å². The number of halogens is 1. The maximum Gasteiger partial charge on any atom is 0.171 e. The van der Waals surface area contributed by atoms with Gasteiger partial charge in [-0.3, -0.25) is 0 Å². The van der Waals surface area contributed by atoms with Gasteiger partial charge in [-0.2, -0.15) is 0 Å². The highest BCUT2D eigenvalue weighted by Gasteiger charge is 2.20. The number of benzene rings is 2. The van der Waals surface area contributed by atoms with E-state index in [1.165, 1.54) is 12.1 Å². The van der Waals surface area contributed by atoms with Crippen LogP contribution in [0.25, 0.3) is 0 Å². The van der Waals surface area contributed by atoms with Crippen molar-refractivity contribution in [1.82, 2.24) is 5.32 Å². The molecule has 2 aromatic carbocycles. The first-order valence-electron chi connectivity index (χ1n) is 8.25. The summed E-state index contributed by atoms with van der Waals surface area (Å²) in [5.41, 5.74) is 1.81. The number of nitrogens with one attached hydrogen (secondary N) is 2. The summed E-state index contributed by atoms with van der Waals surface area (Å²) in [6.45, 7) is 5.37. The molecule has 0 fully saturated rings. The number of hydrogen-bond acceptors (Lipinski definition) is 3. The Morgan fingerprint density at radius 3 is 2.40 bits per heavy atom. The second-order valence-electron chi connectivity index (χ2n) is 6.23. The van der Waals surface area contributed by atoms with Gasteiger partial charge in [-0.25, -0.2) is 4.39 Å². The third-order valence-electron chi connectivity index (χ3n) is 3.98. The summed E-state index contributed by atoms with van der Waals surface area (Å²) in [4.78, 5) is 0. The Hall–Kier alpha value is -2.34. The van der Waals surface area contributed by atoms with Crippen molar-refractivity contribution in [2.24, 2.45) is 5.92 Å². The molecule has 2 N–H and O–H groups in total. The van der Waals surface area contributed by atoms with Crippen molar-refractivity contribution in [3.63, 3.8) is 0 Å². The minimum Gasteiger partial charge on any atom is -0.486 e. The van der Waals surface area contributed by atoms with E-state index >= 15 is 0 Å². The van der Waals surface area contributed by atoms with Crippen molar-refractivity contribution in [1.29, 1.82) is 0 Å². The lowest BCUT2D eigenvalue weighted by Crippen LogP contribution is -2.35. The molecule has 1 heterocycles. The Kier molecular flexibility index (Phi) is 5.38. The van der Waals surface area contributed by atoms with Gasteiger partial charge >= 0.3 is 0 Å². The van der Waals surface area contributed by atoms with E-state index in [2.05, 4.69) is 24.5 Å². The van der Waals surface area contributed by atoms with Crippen LogP contribution in [0.1, 0.15) is 25.5 Å². The molecule has 0 aliphatic carbocycles. The monoisotopic (exact) mass is 360 g/mol. The van der Waals surface area contributed by atoms with Crippen molar-refractivity contribution < 1.29 is 13.9 Å². The number of fused-ring (bicyclic) bond motifs is 1. The molecule has 2 aromatic rings. The quantitative estimate of drug-likeness (QED) is 0.797. The van der Waals surface area contributed by atoms with Crippen LogP contribution in [0, 0.1) is 11.7 Å². The number of rotatable bonds is 4. The highest BCUT2D eigenvalue weighted by molar-refractivity contribution is 7.80. The lowest BCUT2D eigenvalue weighted by molar-refractivity contribution is 0.171. The summed E-state index contributed by atoms with van der Waals surface area (Å²) in [5, 5.41) is 6.90. The molecule has 1 aliphatic rings. The Morgan fingerprint density at radius 1 is 1.04 bits per heavy atom. The van der Waals surface area contributed by atoms with Crippen LogP contribution in [0.5, 0.6) is 11.5 Å². The molecule has 0 unspecified atom stereocenters. The maximum absolute atomic E-state index is 13.0. The first-order valence-corrected chi connectivity index (χ1v) is 8.66. The SMILES string of the molecule is CC(C)[C@H](NC(=S)Nc1ccc(F)cc1)c1ccc2c(c1)OCCO2. The molecular formula is C19H21FN2O2S. The molecule has 0 aromatic heterocycles. The average molecular weight is 360 g/mol. The van der Waals surface area contributed by atoms with Gasteiger partial charge in [-0.15, -0.1) is 0 Å². The molecule has 0 spiro atoms.